The highest BCUT2D eigenvalue weighted by atomic mass is 32.1. The third-order valence-corrected chi connectivity index (χ3v) is 1.76. The van der Waals surface area contributed by atoms with Crippen LogP contribution in [0.15, 0.2) is 0 Å². The SMILES string of the molecule is NC(CO)C(=O)O.O=C(CS)NC(CO)C(=O)O. The van der Waals surface area contributed by atoms with Crippen molar-refractivity contribution in [2.45, 2.75) is 12.1 Å². The fraction of sp³-hybridized carbons (Fsp3) is 0.625. The van der Waals surface area contributed by atoms with Gasteiger partial charge in [0.1, 0.15) is 12.1 Å². The Morgan fingerprint density at radius 3 is 1.78 bits per heavy atom. The molecule has 0 aromatic heterocycles. The molecule has 1 amide bonds. The lowest BCUT2D eigenvalue weighted by Gasteiger charge is -2.09. The first-order valence-corrected chi connectivity index (χ1v) is 5.26. The Morgan fingerprint density at radius 2 is 1.61 bits per heavy atom. The Balaban J connectivity index is 0. The highest BCUT2D eigenvalue weighted by Crippen LogP contribution is 1.83. The molecule has 0 radical (unpaired) electrons. The number of aliphatic hydroxyl groups excluding tert-OH is 2. The number of carbonyl (C=O) groups is 3. The lowest BCUT2D eigenvalue weighted by atomic mass is 10.3. The molecule has 0 fully saturated rings. The zero-order chi connectivity index (χ0) is 14.7. The molecule has 0 heterocycles. The smallest absolute Gasteiger partial charge is 0.328 e. The van der Waals surface area contributed by atoms with Crippen LogP contribution in [0.5, 0.6) is 0 Å². The largest absolute Gasteiger partial charge is 0.480 e. The van der Waals surface area contributed by atoms with Gasteiger partial charge in [-0.3, -0.25) is 9.59 Å². The molecule has 0 saturated heterocycles. The van der Waals surface area contributed by atoms with Crippen molar-refractivity contribution in [1.82, 2.24) is 5.32 Å². The van der Waals surface area contributed by atoms with E-state index in [0.29, 0.717) is 0 Å². The van der Waals surface area contributed by atoms with E-state index in [1.165, 1.54) is 0 Å². The van der Waals surface area contributed by atoms with E-state index >= 15 is 0 Å². The molecule has 0 rings (SSSR count). The lowest BCUT2D eigenvalue weighted by Crippen LogP contribution is -2.43. The Labute approximate surface area is 108 Å². The maximum atomic E-state index is 10.5. The first-order valence-electron chi connectivity index (χ1n) is 4.63. The molecule has 0 bridgehead atoms. The van der Waals surface area contributed by atoms with Crippen LogP contribution < -0.4 is 11.1 Å². The van der Waals surface area contributed by atoms with Gasteiger partial charge < -0.3 is 31.5 Å². The molecule has 106 valence electrons. The van der Waals surface area contributed by atoms with Gasteiger partial charge in [0.15, 0.2) is 0 Å². The average molecular weight is 284 g/mol. The molecular weight excluding hydrogens is 268 g/mol. The first kappa shape index (κ1) is 19.0. The number of amides is 1. The monoisotopic (exact) mass is 284 g/mol. The molecule has 0 aliphatic rings. The number of hydrogen-bond acceptors (Lipinski definition) is 7. The third kappa shape index (κ3) is 9.84. The van der Waals surface area contributed by atoms with E-state index in [1.807, 2.05) is 0 Å². The summed E-state index contributed by atoms with van der Waals surface area (Å²) in [5.74, 6) is -3.05. The van der Waals surface area contributed by atoms with Gasteiger partial charge in [0, 0.05) is 0 Å². The van der Waals surface area contributed by atoms with E-state index in [1.54, 1.807) is 0 Å². The van der Waals surface area contributed by atoms with Crippen LogP contribution in [0.3, 0.4) is 0 Å². The minimum atomic E-state index is -1.26. The number of aliphatic carboxylic acids is 2. The number of carbonyl (C=O) groups excluding carboxylic acids is 1. The summed E-state index contributed by atoms with van der Waals surface area (Å²) >= 11 is 3.61. The number of nitrogens with one attached hydrogen (secondary N) is 1. The van der Waals surface area contributed by atoms with Crippen molar-refractivity contribution < 1.29 is 34.8 Å². The Morgan fingerprint density at radius 1 is 1.11 bits per heavy atom. The summed E-state index contributed by atoms with van der Waals surface area (Å²) in [4.78, 5) is 30.4. The molecule has 0 aliphatic carbocycles. The maximum Gasteiger partial charge on any atom is 0.328 e. The van der Waals surface area contributed by atoms with Crippen LogP contribution in [0.1, 0.15) is 0 Å². The second kappa shape index (κ2) is 10.8. The predicted molar refractivity (Wildman–Crippen MR) is 63.2 cm³/mol. The number of nitrogens with two attached hydrogens (primary N) is 1. The third-order valence-electron chi connectivity index (χ3n) is 1.47. The predicted octanol–water partition coefficient (Wildman–Crippen LogP) is -3.13. The number of carboxylic acids is 2. The standard InChI is InChI=1S/C5H9NO4S.C3H7NO3/c7-1-3(5(9)10)6-4(8)2-11;4-2(1-5)3(6)7/h3,7,11H,1-2H2,(H,6,8)(H,9,10);2,5H,1,4H2,(H,6,7). The van der Waals surface area contributed by atoms with Gasteiger partial charge in [0.25, 0.3) is 0 Å². The van der Waals surface area contributed by atoms with Crippen LogP contribution in [-0.2, 0) is 14.4 Å². The molecule has 9 nitrogen and oxygen atoms in total. The van der Waals surface area contributed by atoms with Crippen LogP contribution in [0, 0.1) is 0 Å². The minimum absolute atomic E-state index is 0.0935. The number of rotatable bonds is 6. The zero-order valence-electron chi connectivity index (χ0n) is 9.31. The maximum absolute atomic E-state index is 10.5. The van der Waals surface area contributed by atoms with Crippen molar-refractivity contribution in [1.29, 1.82) is 0 Å². The second-order valence-electron chi connectivity index (χ2n) is 2.93. The van der Waals surface area contributed by atoms with Crippen LogP contribution in [0.4, 0.5) is 0 Å². The van der Waals surface area contributed by atoms with Gasteiger partial charge in [-0.1, -0.05) is 0 Å². The van der Waals surface area contributed by atoms with Crippen molar-refractivity contribution in [2.75, 3.05) is 19.0 Å². The topological polar surface area (TPSA) is 170 Å². The normalized spacial score (nSPS) is 12.7. The van der Waals surface area contributed by atoms with Gasteiger partial charge in [-0.2, -0.15) is 12.6 Å². The van der Waals surface area contributed by atoms with E-state index in [0.717, 1.165) is 0 Å². The Bertz CT molecular complexity index is 287. The molecule has 0 aromatic rings. The van der Waals surface area contributed by atoms with E-state index in [9.17, 15) is 14.4 Å². The molecular formula is C8H16N2O7S. The van der Waals surface area contributed by atoms with Crippen molar-refractivity contribution in [3.05, 3.63) is 0 Å². The van der Waals surface area contributed by atoms with Gasteiger partial charge in [-0.15, -0.1) is 0 Å². The van der Waals surface area contributed by atoms with E-state index in [4.69, 9.17) is 26.2 Å². The fourth-order valence-electron chi connectivity index (χ4n) is 0.504. The number of thiol groups is 1. The zero-order valence-corrected chi connectivity index (χ0v) is 10.2. The molecule has 2 unspecified atom stereocenters. The quantitative estimate of drug-likeness (QED) is 0.251. The highest BCUT2D eigenvalue weighted by molar-refractivity contribution is 7.81. The van der Waals surface area contributed by atoms with Gasteiger partial charge in [-0.05, 0) is 0 Å². The van der Waals surface area contributed by atoms with Gasteiger partial charge in [0.2, 0.25) is 5.91 Å². The van der Waals surface area contributed by atoms with E-state index in [2.05, 4.69) is 17.9 Å². The number of hydrogen-bond donors (Lipinski definition) is 7. The van der Waals surface area contributed by atoms with Crippen LogP contribution in [0.25, 0.3) is 0 Å². The molecule has 10 heteroatoms. The van der Waals surface area contributed by atoms with Gasteiger partial charge in [-0.25, -0.2) is 4.79 Å². The lowest BCUT2D eigenvalue weighted by molar-refractivity contribution is -0.142. The summed E-state index contributed by atoms with van der Waals surface area (Å²) in [7, 11) is 0. The summed E-state index contributed by atoms with van der Waals surface area (Å²) in [5, 5.41) is 34.7. The van der Waals surface area contributed by atoms with Crippen LogP contribution >= 0.6 is 12.6 Å². The molecule has 2 atom stereocenters. The van der Waals surface area contributed by atoms with Crippen molar-refractivity contribution >= 4 is 30.5 Å². The summed E-state index contributed by atoms with van der Waals surface area (Å²) in [5.41, 5.74) is 4.77. The van der Waals surface area contributed by atoms with Crippen molar-refractivity contribution in [3.63, 3.8) is 0 Å². The molecule has 0 saturated carbocycles. The van der Waals surface area contributed by atoms with E-state index in [-0.39, 0.29) is 5.75 Å². The number of aliphatic hydroxyl groups is 2. The van der Waals surface area contributed by atoms with Gasteiger partial charge in [0.05, 0.1) is 19.0 Å². The molecule has 7 N–H and O–H groups in total. The molecule has 0 aliphatic heterocycles. The van der Waals surface area contributed by atoms with Crippen LogP contribution in [-0.4, -0.2) is 69.3 Å². The Kier molecular flexibility index (Phi) is 11.4. The summed E-state index contributed by atoms with van der Waals surface area (Å²) in [6.45, 7) is -1.12. The first-order chi connectivity index (χ1) is 8.29. The molecule has 0 spiro atoms. The van der Waals surface area contributed by atoms with Crippen molar-refractivity contribution in [2.24, 2.45) is 5.73 Å². The minimum Gasteiger partial charge on any atom is -0.480 e. The highest BCUT2D eigenvalue weighted by Gasteiger charge is 2.17. The molecule has 0 aromatic carbocycles. The van der Waals surface area contributed by atoms with Crippen molar-refractivity contribution in [3.8, 4) is 0 Å². The van der Waals surface area contributed by atoms with E-state index < -0.39 is 43.1 Å². The van der Waals surface area contributed by atoms with Crippen LogP contribution in [0.2, 0.25) is 0 Å². The number of carboxylic acid groups (broad SMARTS) is 2. The Hall–Kier alpha value is -1.36. The summed E-state index contributed by atoms with van der Waals surface area (Å²) in [6.07, 6.45) is 0. The summed E-state index contributed by atoms with van der Waals surface area (Å²) in [6, 6.07) is -2.35. The molecule has 18 heavy (non-hydrogen) atoms. The average Bonchev–Trinajstić information content (AvgIpc) is 2.34. The van der Waals surface area contributed by atoms with Gasteiger partial charge >= 0.3 is 11.9 Å². The second-order valence-corrected chi connectivity index (χ2v) is 3.24. The summed E-state index contributed by atoms with van der Waals surface area (Å²) < 4.78 is 0. The fourth-order valence-corrected chi connectivity index (χ4v) is 0.595.